The van der Waals surface area contributed by atoms with E-state index < -0.39 is 11.9 Å². The monoisotopic (exact) mass is 390 g/mol. The number of aromatic carboxylic acids is 1. The van der Waals surface area contributed by atoms with E-state index in [1.165, 1.54) is 19.2 Å². The summed E-state index contributed by atoms with van der Waals surface area (Å²) in [5, 5.41) is 14.4. The van der Waals surface area contributed by atoms with E-state index in [1.807, 2.05) is 0 Å². The zero-order valence-corrected chi connectivity index (χ0v) is 15.5. The average Bonchev–Trinajstić information content (AvgIpc) is 2.74. The molecule has 29 heavy (non-hydrogen) atoms. The molecule has 0 saturated carbocycles. The van der Waals surface area contributed by atoms with Gasteiger partial charge in [0, 0.05) is 22.5 Å². The van der Waals surface area contributed by atoms with Gasteiger partial charge < -0.3 is 20.5 Å². The molecule has 0 heterocycles. The van der Waals surface area contributed by atoms with Crippen molar-refractivity contribution in [2.45, 2.75) is 0 Å². The van der Waals surface area contributed by atoms with Crippen LogP contribution < -0.4 is 15.4 Å². The zero-order chi connectivity index (χ0) is 20.8. The number of rotatable bonds is 6. The third kappa shape index (κ3) is 4.98. The van der Waals surface area contributed by atoms with Crippen LogP contribution in [0, 0.1) is 0 Å². The van der Waals surface area contributed by atoms with Crippen molar-refractivity contribution in [1.29, 1.82) is 0 Å². The van der Waals surface area contributed by atoms with E-state index in [2.05, 4.69) is 10.6 Å². The van der Waals surface area contributed by atoms with E-state index in [4.69, 9.17) is 9.84 Å². The van der Waals surface area contributed by atoms with Gasteiger partial charge in [0.2, 0.25) is 0 Å². The number of ether oxygens (including phenoxy) is 1. The average molecular weight is 390 g/mol. The molecule has 0 bridgehead atoms. The number of carboxylic acid groups (broad SMARTS) is 1. The van der Waals surface area contributed by atoms with E-state index in [0.717, 1.165) is 0 Å². The second-order valence-corrected chi connectivity index (χ2v) is 6.10. The fraction of sp³-hybridized carbons (Fsp3) is 0.0455. The summed E-state index contributed by atoms with van der Waals surface area (Å²) >= 11 is 0. The van der Waals surface area contributed by atoms with E-state index >= 15 is 0 Å². The molecule has 3 aromatic carbocycles. The van der Waals surface area contributed by atoms with Gasteiger partial charge in [-0.15, -0.1) is 0 Å². The van der Waals surface area contributed by atoms with Crippen molar-refractivity contribution in [3.63, 3.8) is 0 Å². The standard InChI is InChI=1S/C22H18N2O5/c1-29-19-7-3-4-15(13-19)21(26)23-17-10-8-14(9-11-17)20(25)24-18-6-2-5-16(12-18)22(27)28/h2-13H,1H3,(H,23,26)(H,24,25)(H,27,28). The Morgan fingerprint density at radius 1 is 0.724 bits per heavy atom. The molecule has 0 fully saturated rings. The molecule has 0 saturated heterocycles. The largest absolute Gasteiger partial charge is 0.497 e. The lowest BCUT2D eigenvalue weighted by atomic mass is 10.1. The molecule has 0 aliphatic rings. The smallest absolute Gasteiger partial charge is 0.335 e. The van der Waals surface area contributed by atoms with Gasteiger partial charge in [-0.25, -0.2) is 4.79 Å². The Balaban J connectivity index is 1.66. The number of benzene rings is 3. The van der Waals surface area contributed by atoms with Crippen molar-refractivity contribution in [1.82, 2.24) is 0 Å². The molecular formula is C22H18N2O5. The van der Waals surface area contributed by atoms with E-state index in [0.29, 0.717) is 28.3 Å². The van der Waals surface area contributed by atoms with Gasteiger partial charge in [0.15, 0.2) is 0 Å². The Hall–Kier alpha value is -4.13. The van der Waals surface area contributed by atoms with Crippen molar-refractivity contribution in [3.05, 3.63) is 89.5 Å². The second-order valence-electron chi connectivity index (χ2n) is 6.10. The molecule has 0 aromatic heterocycles. The molecule has 3 N–H and O–H groups in total. The highest BCUT2D eigenvalue weighted by Gasteiger charge is 2.10. The third-order valence-corrected chi connectivity index (χ3v) is 4.10. The molecular weight excluding hydrogens is 372 g/mol. The summed E-state index contributed by atoms with van der Waals surface area (Å²) in [5.74, 6) is -1.18. The highest BCUT2D eigenvalue weighted by Crippen LogP contribution is 2.17. The highest BCUT2D eigenvalue weighted by atomic mass is 16.5. The topological polar surface area (TPSA) is 105 Å². The molecule has 0 aliphatic carbocycles. The molecule has 0 unspecified atom stereocenters. The molecule has 7 nitrogen and oxygen atoms in total. The van der Waals surface area contributed by atoms with Gasteiger partial charge in [-0.05, 0) is 60.7 Å². The summed E-state index contributed by atoms with van der Waals surface area (Å²) < 4.78 is 5.11. The van der Waals surface area contributed by atoms with Gasteiger partial charge >= 0.3 is 5.97 Å². The number of methoxy groups -OCH3 is 1. The summed E-state index contributed by atoms with van der Waals surface area (Å²) in [5.41, 5.74) is 1.81. The predicted molar refractivity (Wildman–Crippen MR) is 109 cm³/mol. The Bertz CT molecular complexity index is 1060. The number of carboxylic acids is 1. The molecule has 2 amide bonds. The van der Waals surface area contributed by atoms with Gasteiger partial charge in [-0.1, -0.05) is 12.1 Å². The molecule has 3 aromatic rings. The van der Waals surface area contributed by atoms with Crippen LogP contribution in [0.5, 0.6) is 5.75 Å². The van der Waals surface area contributed by atoms with Crippen LogP contribution in [0.1, 0.15) is 31.1 Å². The number of carbonyl (C=O) groups excluding carboxylic acids is 2. The minimum atomic E-state index is -1.07. The SMILES string of the molecule is COc1cccc(C(=O)Nc2ccc(C(=O)Nc3cccc(C(=O)O)c3)cc2)c1. The van der Waals surface area contributed by atoms with Crippen molar-refractivity contribution in [3.8, 4) is 5.75 Å². The zero-order valence-electron chi connectivity index (χ0n) is 15.5. The van der Waals surface area contributed by atoms with Crippen LogP contribution >= 0.6 is 0 Å². The second kappa shape index (κ2) is 8.71. The number of hydrogen-bond acceptors (Lipinski definition) is 4. The summed E-state index contributed by atoms with van der Waals surface area (Å²) in [6, 6.07) is 19.1. The molecule has 0 atom stereocenters. The van der Waals surface area contributed by atoms with Crippen molar-refractivity contribution >= 4 is 29.2 Å². The summed E-state index contributed by atoms with van der Waals surface area (Å²) in [6.45, 7) is 0. The fourth-order valence-corrected chi connectivity index (χ4v) is 2.61. The number of anilines is 2. The van der Waals surface area contributed by atoms with Crippen LogP contribution in [0.25, 0.3) is 0 Å². The minimum Gasteiger partial charge on any atom is -0.497 e. The van der Waals surface area contributed by atoms with Gasteiger partial charge in [-0.2, -0.15) is 0 Å². The first-order chi connectivity index (χ1) is 14.0. The fourth-order valence-electron chi connectivity index (χ4n) is 2.61. The molecule has 0 aliphatic heterocycles. The van der Waals surface area contributed by atoms with Gasteiger partial charge in [0.1, 0.15) is 5.75 Å². The molecule has 3 rings (SSSR count). The molecule has 0 radical (unpaired) electrons. The van der Waals surface area contributed by atoms with Gasteiger partial charge in [-0.3, -0.25) is 9.59 Å². The van der Waals surface area contributed by atoms with Crippen molar-refractivity contribution in [2.75, 3.05) is 17.7 Å². The summed E-state index contributed by atoms with van der Waals surface area (Å²) in [4.78, 5) is 35.7. The Labute approximate surface area is 166 Å². The third-order valence-electron chi connectivity index (χ3n) is 4.10. The van der Waals surface area contributed by atoms with Crippen LogP contribution in [0.3, 0.4) is 0 Å². The van der Waals surface area contributed by atoms with E-state index in [-0.39, 0.29) is 11.5 Å². The van der Waals surface area contributed by atoms with Crippen LogP contribution in [0.4, 0.5) is 11.4 Å². The normalized spacial score (nSPS) is 10.1. The van der Waals surface area contributed by atoms with Crippen molar-refractivity contribution < 1.29 is 24.2 Å². The first-order valence-electron chi connectivity index (χ1n) is 8.66. The lowest BCUT2D eigenvalue weighted by Gasteiger charge is -2.09. The number of nitrogens with one attached hydrogen (secondary N) is 2. The lowest BCUT2D eigenvalue weighted by molar-refractivity contribution is 0.0696. The Kier molecular flexibility index (Phi) is 5.89. The van der Waals surface area contributed by atoms with Crippen LogP contribution in [-0.2, 0) is 0 Å². The summed E-state index contributed by atoms with van der Waals surface area (Å²) in [7, 11) is 1.53. The van der Waals surface area contributed by atoms with E-state index in [9.17, 15) is 14.4 Å². The summed E-state index contributed by atoms with van der Waals surface area (Å²) in [6.07, 6.45) is 0. The number of amides is 2. The maximum Gasteiger partial charge on any atom is 0.335 e. The van der Waals surface area contributed by atoms with Crippen LogP contribution in [-0.4, -0.2) is 30.0 Å². The molecule has 0 spiro atoms. The van der Waals surface area contributed by atoms with Gasteiger partial charge in [0.25, 0.3) is 11.8 Å². The first-order valence-corrected chi connectivity index (χ1v) is 8.66. The maximum atomic E-state index is 12.4. The minimum absolute atomic E-state index is 0.0819. The van der Waals surface area contributed by atoms with Crippen LogP contribution in [0.15, 0.2) is 72.8 Å². The lowest BCUT2D eigenvalue weighted by Crippen LogP contribution is -2.14. The quantitative estimate of drug-likeness (QED) is 0.592. The van der Waals surface area contributed by atoms with Crippen molar-refractivity contribution in [2.24, 2.45) is 0 Å². The van der Waals surface area contributed by atoms with E-state index in [1.54, 1.807) is 60.7 Å². The van der Waals surface area contributed by atoms with Gasteiger partial charge in [0.05, 0.1) is 12.7 Å². The maximum absolute atomic E-state index is 12.4. The highest BCUT2D eigenvalue weighted by molar-refractivity contribution is 6.06. The number of carbonyl (C=O) groups is 3. The Morgan fingerprint density at radius 3 is 2.03 bits per heavy atom. The van der Waals surface area contributed by atoms with Crippen LogP contribution in [0.2, 0.25) is 0 Å². The first kappa shape index (κ1) is 19.6. The number of hydrogen-bond donors (Lipinski definition) is 3. The Morgan fingerprint density at radius 2 is 1.34 bits per heavy atom. The molecule has 146 valence electrons. The molecule has 7 heteroatoms. The predicted octanol–water partition coefficient (Wildman–Crippen LogP) is 3.90.